The van der Waals surface area contributed by atoms with Crippen molar-refractivity contribution >= 4 is 11.6 Å². The number of carbonyl (C=O) groups is 1. The van der Waals surface area contributed by atoms with Gasteiger partial charge in [-0.3, -0.25) is 9.36 Å². The number of anilines is 1. The summed E-state index contributed by atoms with van der Waals surface area (Å²) >= 11 is 0. The summed E-state index contributed by atoms with van der Waals surface area (Å²) < 4.78 is 6.66. The first-order valence-corrected chi connectivity index (χ1v) is 5.91. The number of hydrogen-bond acceptors (Lipinski definition) is 5. The highest BCUT2D eigenvalue weighted by molar-refractivity contribution is 6.02. The maximum absolute atomic E-state index is 11.9. The standard InChI is InChI=1S/C13H11N5O2/c1-9-6-11(20-17-9)13(19)16-10-2-3-12(15-7-10)18-5-4-14-8-18/h2-8H,1H3,(H,16,19). The Bertz CT molecular complexity index is 716. The second-order valence-corrected chi connectivity index (χ2v) is 4.16. The zero-order valence-electron chi connectivity index (χ0n) is 10.6. The first-order chi connectivity index (χ1) is 9.72. The van der Waals surface area contributed by atoms with Crippen molar-refractivity contribution in [1.82, 2.24) is 19.7 Å². The van der Waals surface area contributed by atoms with Gasteiger partial charge < -0.3 is 9.84 Å². The molecular formula is C13H11N5O2. The lowest BCUT2D eigenvalue weighted by atomic mass is 10.3. The molecule has 1 N–H and O–H groups in total. The minimum absolute atomic E-state index is 0.168. The van der Waals surface area contributed by atoms with Gasteiger partial charge in [0.2, 0.25) is 5.76 Å². The number of aryl methyl sites for hydroxylation is 1. The summed E-state index contributed by atoms with van der Waals surface area (Å²) in [5.74, 6) is 0.528. The van der Waals surface area contributed by atoms with Gasteiger partial charge in [-0.2, -0.15) is 0 Å². The molecule has 1 amide bonds. The van der Waals surface area contributed by atoms with Gasteiger partial charge in [-0.1, -0.05) is 5.16 Å². The third-order valence-electron chi connectivity index (χ3n) is 2.63. The quantitative estimate of drug-likeness (QED) is 0.783. The molecule has 0 aliphatic rings. The van der Waals surface area contributed by atoms with E-state index in [4.69, 9.17) is 4.52 Å². The number of imidazole rings is 1. The lowest BCUT2D eigenvalue weighted by molar-refractivity contribution is 0.0988. The van der Waals surface area contributed by atoms with Gasteiger partial charge in [0.1, 0.15) is 12.1 Å². The SMILES string of the molecule is Cc1cc(C(=O)Nc2ccc(-n3ccnc3)nc2)on1. The summed E-state index contributed by atoms with van der Waals surface area (Å²) in [6.07, 6.45) is 6.68. The van der Waals surface area contributed by atoms with E-state index in [2.05, 4.69) is 20.4 Å². The molecule has 20 heavy (non-hydrogen) atoms. The van der Waals surface area contributed by atoms with Crippen LogP contribution in [0.3, 0.4) is 0 Å². The number of hydrogen-bond donors (Lipinski definition) is 1. The van der Waals surface area contributed by atoms with Gasteiger partial charge in [0.05, 0.1) is 17.6 Å². The van der Waals surface area contributed by atoms with Crippen LogP contribution in [0.4, 0.5) is 5.69 Å². The monoisotopic (exact) mass is 269 g/mol. The summed E-state index contributed by atoms with van der Waals surface area (Å²) in [7, 11) is 0. The Kier molecular flexibility index (Phi) is 3.00. The molecule has 3 rings (SSSR count). The molecule has 0 spiro atoms. The lowest BCUT2D eigenvalue weighted by Gasteiger charge is -2.04. The van der Waals surface area contributed by atoms with Gasteiger partial charge in [0.15, 0.2) is 0 Å². The Labute approximate surface area is 114 Å². The van der Waals surface area contributed by atoms with Crippen LogP contribution in [-0.4, -0.2) is 25.6 Å². The van der Waals surface area contributed by atoms with Crippen LogP contribution in [-0.2, 0) is 0 Å². The molecule has 7 heteroatoms. The first kappa shape index (κ1) is 12.1. The summed E-state index contributed by atoms with van der Waals surface area (Å²) in [6, 6.07) is 5.11. The minimum atomic E-state index is -0.359. The average molecular weight is 269 g/mol. The second-order valence-electron chi connectivity index (χ2n) is 4.16. The van der Waals surface area contributed by atoms with Gasteiger partial charge in [0.25, 0.3) is 5.91 Å². The molecule has 0 saturated carbocycles. The van der Waals surface area contributed by atoms with E-state index in [0.29, 0.717) is 11.4 Å². The topological polar surface area (TPSA) is 85.8 Å². The molecule has 3 aromatic heterocycles. The van der Waals surface area contributed by atoms with E-state index in [1.807, 2.05) is 0 Å². The van der Waals surface area contributed by atoms with E-state index in [1.165, 1.54) is 0 Å². The summed E-state index contributed by atoms with van der Waals surface area (Å²) in [5.41, 5.74) is 1.23. The highest BCUT2D eigenvalue weighted by Crippen LogP contribution is 2.11. The van der Waals surface area contributed by atoms with Gasteiger partial charge in [-0.05, 0) is 19.1 Å². The van der Waals surface area contributed by atoms with Crippen molar-refractivity contribution in [3.05, 3.63) is 54.6 Å². The number of nitrogens with zero attached hydrogens (tertiary/aromatic N) is 4. The largest absolute Gasteiger partial charge is 0.351 e. The van der Waals surface area contributed by atoms with Gasteiger partial charge in [0, 0.05) is 18.5 Å². The van der Waals surface area contributed by atoms with Crippen molar-refractivity contribution in [2.24, 2.45) is 0 Å². The van der Waals surface area contributed by atoms with Gasteiger partial charge in [-0.15, -0.1) is 0 Å². The molecule has 0 fully saturated rings. The second kappa shape index (κ2) is 4.96. The van der Waals surface area contributed by atoms with Crippen molar-refractivity contribution in [2.45, 2.75) is 6.92 Å². The maximum Gasteiger partial charge on any atom is 0.294 e. The van der Waals surface area contributed by atoms with E-state index < -0.39 is 0 Å². The average Bonchev–Trinajstić information content (AvgIpc) is 3.10. The van der Waals surface area contributed by atoms with E-state index in [9.17, 15) is 4.79 Å². The van der Waals surface area contributed by atoms with Gasteiger partial charge >= 0.3 is 0 Å². The van der Waals surface area contributed by atoms with Crippen LogP contribution < -0.4 is 5.32 Å². The molecule has 0 aromatic carbocycles. The predicted octanol–water partition coefficient (Wildman–Crippen LogP) is 1.82. The fraction of sp³-hybridized carbons (Fsp3) is 0.0769. The Hall–Kier alpha value is -2.96. The lowest BCUT2D eigenvalue weighted by Crippen LogP contribution is -2.11. The molecular weight excluding hydrogens is 258 g/mol. The molecule has 3 aromatic rings. The van der Waals surface area contributed by atoms with E-state index in [-0.39, 0.29) is 11.7 Å². The van der Waals surface area contributed by atoms with Crippen molar-refractivity contribution in [3.63, 3.8) is 0 Å². The zero-order chi connectivity index (χ0) is 13.9. The summed E-state index contributed by atoms with van der Waals surface area (Å²) in [5, 5.41) is 6.35. The molecule has 0 bridgehead atoms. The number of amides is 1. The van der Waals surface area contributed by atoms with Crippen LogP contribution in [0.5, 0.6) is 0 Å². The third kappa shape index (κ3) is 2.41. The molecule has 0 saturated heterocycles. The fourth-order valence-electron chi connectivity index (χ4n) is 1.67. The van der Waals surface area contributed by atoms with E-state index >= 15 is 0 Å². The number of aromatic nitrogens is 4. The molecule has 0 unspecified atom stereocenters. The fourth-order valence-corrected chi connectivity index (χ4v) is 1.67. The Morgan fingerprint density at radius 3 is 2.90 bits per heavy atom. The molecule has 0 aliphatic carbocycles. The van der Waals surface area contributed by atoms with E-state index in [1.54, 1.807) is 54.6 Å². The predicted molar refractivity (Wildman–Crippen MR) is 70.6 cm³/mol. The summed E-state index contributed by atoms with van der Waals surface area (Å²) in [4.78, 5) is 20.0. The summed E-state index contributed by atoms with van der Waals surface area (Å²) in [6.45, 7) is 1.75. The highest BCUT2D eigenvalue weighted by Gasteiger charge is 2.11. The van der Waals surface area contributed by atoms with Crippen LogP contribution in [0.2, 0.25) is 0 Å². The van der Waals surface area contributed by atoms with Crippen molar-refractivity contribution in [1.29, 1.82) is 0 Å². The molecule has 0 radical (unpaired) electrons. The van der Waals surface area contributed by atoms with Crippen LogP contribution in [0.15, 0.2) is 47.6 Å². The first-order valence-electron chi connectivity index (χ1n) is 5.91. The molecule has 0 aliphatic heterocycles. The molecule has 100 valence electrons. The molecule has 3 heterocycles. The minimum Gasteiger partial charge on any atom is -0.351 e. The van der Waals surface area contributed by atoms with Crippen LogP contribution in [0.25, 0.3) is 5.82 Å². The third-order valence-corrected chi connectivity index (χ3v) is 2.63. The van der Waals surface area contributed by atoms with Crippen molar-refractivity contribution in [3.8, 4) is 5.82 Å². The Morgan fingerprint density at radius 1 is 1.40 bits per heavy atom. The van der Waals surface area contributed by atoms with Crippen molar-refractivity contribution < 1.29 is 9.32 Å². The van der Waals surface area contributed by atoms with Crippen LogP contribution >= 0.6 is 0 Å². The smallest absolute Gasteiger partial charge is 0.294 e. The Morgan fingerprint density at radius 2 is 2.30 bits per heavy atom. The molecule has 0 atom stereocenters. The number of carbonyl (C=O) groups excluding carboxylic acids is 1. The number of pyridine rings is 1. The maximum atomic E-state index is 11.9. The normalized spacial score (nSPS) is 10.4. The Balaban J connectivity index is 1.74. The van der Waals surface area contributed by atoms with Gasteiger partial charge in [-0.25, -0.2) is 9.97 Å². The molecule has 7 nitrogen and oxygen atoms in total. The van der Waals surface area contributed by atoms with Crippen LogP contribution in [0, 0.1) is 6.92 Å². The number of rotatable bonds is 3. The van der Waals surface area contributed by atoms with E-state index in [0.717, 1.165) is 5.82 Å². The zero-order valence-corrected chi connectivity index (χ0v) is 10.6. The number of nitrogens with one attached hydrogen (secondary N) is 1. The highest BCUT2D eigenvalue weighted by atomic mass is 16.5. The van der Waals surface area contributed by atoms with Crippen molar-refractivity contribution in [2.75, 3.05) is 5.32 Å². The van der Waals surface area contributed by atoms with Crippen LogP contribution in [0.1, 0.15) is 16.2 Å².